The van der Waals surface area contributed by atoms with E-state index in [1.807, 2.05) is 6.07 Å². The number of carbonyl (C=O) groups excluding carboxylic acids is 1. The van der Waals surface area contributed by atoms with E-state index in [9.17, 15) is 14.9 Å². The molecule has 25 heavy (non-hydrogen) atoms. The van der Waals surface area contributed by atoms with Gasteiger partial charge in [-0.1, -0.05) is 23.9 Å². The van der Waals surface area contributed by atoms with Gasteiger partial charge in [-0.3, -0.25) is 14.9 Å². The quantitative estimate of drug-likeness (QED) is 0.398. The number of hydrogen-bond donors (Lipinski definition) is 2. The number of para-hydroxylation sites is 2. The SMILES string of the molecule is COc1ccccc1NC(=O)CSc1nc2ccc([N+](=O)[O-])cc2[nH]1. The smallest absolute Gasteiger partial charge is 0.271 e. The lowest BCUT2D eigenvalue weighted by Gasteiger charge is -2.09. The van der Waals surface area contributed by atoms with E-state index >= 15 is 0 Å². The normalized spacial score (nSPS) is 10.6. The molecule has 1 heterocycles. The Morgan fingerprint density at radius 1 is 1.36 bits per heavy atom. The number of carbonyl (C=O) groups is 1. The first kappa shape index (κ1) is 16.8. The first-order valence-corrected chi connectivity index (χ1v) is 8.25. The van der Waals surface area contributed by atoms with Crippen LogP contribution in [0.2, 0.25) is 0 Å². The zero-order valence-electron chi connectivity index (χ0n) is 13.2. The number of methoxy groups -OCH3 is 1. The number of amides is 1. The van der Waals surface area contributed by atoms with E-state index in [0.717, 1.165) is 0 Å². The molecule has 0 spiro atoms. The first-order valence-electron chi connectivity index (χ1n) is 7.26. The van der Waals surface area contributed by atoms with Crippen molar-refractivity contribution in [1.29, 1.82) is 0 Å². The lowest BCUT2D eigenvalue weighted by atomic mass is 10.3. The molecule has 1 amide bonds. The van der Waals surface area contributed by atoms with Crippen LogP contribution in [0.4, 0.5) is 11.4 Å². The Labute approximate surface area is 146 Å². The third kappa shape index (κ3) is 3.89. The van der Waals surface area contributed by atoms with Gasteiger partial charge in [0.2, 0.25) is 5.91 Å². The van der Waals surface area contributed by atoms with Gasteiger partial charge in [-0.15, -0.1) is 0 Å². The number of nitrogens with zero attached hydrogens (tertiary/aromatic N) is 2. The Morgan fingerprint density at radius 3 is 2.92 bits per heavy atom. The number of H-pyrrole nitrogens is 1. The van der Waals surface area contributed by atoms with Gasteiger partial charge in [-0.2, -0.15) is 0 Å². The number of hydrogen-bond acceptors (Lipinski definition) is 6. The van der Waals surface area contributed by atoms with Crippen LogP contribution in [0.25, 0.3) is 11.0 Å². The molecular formula is C16H14N4O4S. The molecule has 0 atom stereocenters. The highest BCUT2D eigenvalue weighted by atomic mass is 32.2. The molecule has 2 aromatic carbocycles. The number of aromatic nitrogens is 2. The molecule has 3 aromatic rings. The van der Waals surface area contributed by atoms with E-state index in [0.29, 0.717) is 27.6 Å². The fraction of sp³-hybridized carbons (Fsp3) is 0.125. The average molecular weight is 358 g/mol. The van der Waals surface area contributed by atoms with Crippen LogP contribution in [0.15, 0.2) is 47.6 Å². The third-order valence-corrected chi connectivity index (χ3v) is 4.25. The molecule has 0 radical (unpaired) electrons. The van der Waals surface area contributed by atoms with Crippen molar-refractivity contribution in [2.75, 3.05) is 18.2 Å². The van der Waals surface area contributed by atoms with Gasteiger partial charge in [0.15, 0.2) is 5.16 Å². The van der Waals surface area contributed by atoms with E-state index in [-0.39, 0.29) is 17.3 Å². The first-order chi connectivity index (χ1) is 12.1. The standard InChI is InChI=1S/C16H14N4O4S/c1-24-14-5-3-2-4-12(14)17-15(21)9-25-16-18-11-7-6-10(20(22)23)8-13(11)19-16/h2-8H,9H2,1H3,(H,17,21)(H,18,19). The molecule has 8 nitrogen and oxygen atoms in total. The number of aromatic amines is 1. The summed E-state index contributed by atoms with van der Waals surface area (Å²) in [5.74, 6) is 0.512. The maximum absolute atomic E-state index is 12.1. The van der Waals surface area contributed by atoms with Crippen molar-refractivity contribution in [3.8, 4) is 5.75 Å². The summed E-state index contributed by atoms with van der Waals surface area (Å²) in [7, 11) is 1.54. The number of thioether (sulfide) groups is 1. The van der Waals surface area contributed by atoms with Gasteiger partial charge in [0.05, 0.1) is 34.5 Å². The molecule has 0 saturated carbocycles. The molecule has 0 fully saturated rings. The van der Waals surface area contributed by atoms with Crippen molar-refractivity contribution in [2.45, 2.75) is 5.16 Å². The highest BCUT2D eigenvalue weighted by molar-refractivity contribution is 7.99. The van der Waals surface area contributed by atoms with Crippen LogP contribution in [0.1, 0.15) is 0 Å². The van der Waals surface area contributed by atoms with Crippen LogP contribution >= 0.6 is 11.8 Å². The molecule has 2 N–H and O–H groups in total. The number of anilines is 1. The Bertz CT molecular complexity index is 941. The van der Waals surface area contributed by atoms with Gasteiger partial charge in [0.25, 0.3) is 5.69 Å². The van der Waals surface area contributed by atoms with E-state index < -0.39 is 4.92 Å². The predicted octanol–water partition coefficient (Wildman–Crippen LogP) is 3.21. The summed E-state index contributed by atoms with van der Waals surface area (Å²) >= 11 is 1.21. The molecular weight excluding hydrogens is 344 g/mol. The summed E-state index contributed by atoms with van der Waals surface area (Å²) in [5, 5.41) is 14.1. The summed E-state index contributed by atoms with van der Waals surface area (Å²) in [5.41, 5.74) is 1.75. The number of fused-ring (bicyclic) bond motifs is 1. The van der Waals surface area contributed by atoms with Crippen LogP contribution in [0, 0.1) is 10.1 Å². The van der Waals surface area contributed by atoms with Crippen molar-refractivity contribution in [2.24, 2.45) is 0 Å². The zero-order chi connectivity index (χ0) is 17.8. The number of imidazole rings is 1. The van der Waals surface area contributed by atoms with Crippen LogP contribution in [0.5, 0.6) is 5.75 Å². The second kappa shape index (κ2) is 7.22. The number of nitrogens with one attached hydrogen (secondary N) is 2. The predicted molar refractivity (Wildman–Crippen MR) is 95.1 cm³/mol. The van der Waals surface area contributed by atoms with E-state index in [4.69, 9.17) is 4.74 Å². The fourth-order valence-electron chi connectivity index (χ4n) is 2.22. The average Bonchev–Trinajstić information content (AvgIpc) is 3.02. The van der Waals surface area contributed by atoms with Crippen LogP contribution in [-0.2, 0) is 4.79 Å². The maximum atomic E-state index is 12.1. The van der Waals surface area contributed by atoms with Gasteiger partial charge in [-0.25, -0.2) is 4.98 Å². The Kier molecular flexibility index (Phi) is 4.85. The maximum Gasteiger partial charge on any atom is 0.271 e. The summed E-state index contributed by atoms with van der Waals surface area (Å²) in [4.78, 5) is 29.7. The highest BCUT2D eigenvalue weighted by Crippen LogP contribution is 2.25. The van der Waals surface area contributed by atoms with E-state index in [1.165, 1.54) is 31.0 Å². The number of ether oxygens (including phenoxy) is 1. The highest BCUT2D eigenvalue weighted by Gasteiger charge is 2.12. The molecule has 0 aliphatic heterocycles. The molecule has 0 saturated heterocycles. The van der Waals surface area contributed by atoms with Gasteiger partial charge in [0.1, 0.15) is 5.75 Å². The summed E-state index contributed by atoms with van der Waals surface area (Å²) < 4.78 is 5.18. The summed E-state index contributed by atoms with van der Waals surface area (Å²) in [6.45, 7) is 0. The number of benzene rings is 2. The van der Waals surface area contributed by atoms with E-state index in [1.54, 1.807) is 24.3 Å². The van der Waals surface area contributed by atoms with Crippen molar-refractivity contribution in [3.63, 3.8) is 0 Å². The summed E-state index contributed by atoms with van der Waals surface area (Å²) in [6.07, 6.45) is 0. The van der Waals surface area contributed by atoms with Gasteiger partial charge in [-0.05, 0) is 18.2 Å². The van der Waals surface area contributed by atoms with Crippen molar-refractivity contribution >= 4 is 40.1 Å². The molecule has 9 heteroatoms. The lowest BCUT2D eigenvalue weighted by molar-refractivity contribution is -0.384. The minimum absolute atomic E-state index is 0.0124. The molecule has 0 bridgehead atoms. The number of nitro benzene ring substituents is 1. The van der Waals surface area contributed by atoms with Crippen LogP contribution in [0.3, 0.4) is 0 Å². The number of nitro groups is 1. The molecule has 0 aliphatic rings. The van der Waals surface area contributed by atoms with Gasteiger partial charge < -0.3 is 15.0 Å². The molecule has 1 aromatic heterocycles. The molecule has 0 unspecified atom stereocenters. The van der Waals surface area contributed by atoms with Crippen molar-refractivity contribution in [1.82, 2.24) is 9.97 Å². The Morgan fingerprint density at radius 2 is 2.16 bits per heavy atom. The minimum Gasteiger partial charge on any atom is -0.495 e. The summed E-state index contributed by atoms with van der Waals surface area (Å²) in [6, 6.07) is 11.5. The lowest BCUT2D eigenvalue weighted by Crippen LogP contribution is -2.14. The molecule has 3 rings (SSSR count). The number of rotatable bonds is 6. The third-order valence-electron chi connectivity index (χ3n) is 3.38. The fourth-order valence-corrected chi connectivity index (χ4v) is 2.91. The van der Waals surface area contributed by atoms with E-state index in [2.05, 4.69) is 15.3 Å². The second-order valence-electron chi connectivity index (χ2n) is 5.04. The monoisotopic (exact) mass is 358 g/mol. The second-order valence-corrected chi connectivity index (χ2v) is 6.00. The van der Waals surface area contributed by atoms with Crippen molar-refractivity contribution in [3.05, 3.63) is 52.6 Å². The van der Waals surface area contributed by atoms with Gasteiger partial charge >= 0.3 is 0 Å². The largest absolute Gasteiger partial charge is 0.495 e. The Hall–Kier alpha value is -3.07. The number of non-ortho nitro benzene ring substituents is 1. The van der Waals surface area contributed by atoms with Gasteiger partial charge in [0, 0.05) is 12.1 Å². The minimum atomic E-state index is -0.464. The topological polar surface area (TPSA) is 110 Å². The zero-order valence-corrected chi connectivity index (χ0v) is 14.0. The molecule has 128 valence electrons. The van der Waals surface area contributed by atoms with Crippen LogP contribution < -0.4 is 10.1 Å². The molecule has 0 aliphatic carbocycles. The van der Waals surface area contributed by atoms with Crippen LogP contribution in [-0.4, -0.2) is 33.7 Å². The van der Waals surface area contributed by atoms with Crippen molar-refractivity contribution < 1.29 is 14.5 Å². The Balaban J connectivity index is 1.65.